The van der Waals surface area contributed by atoms with Crippen molar-refractivity contribution in [2.45, 2.75) is 37.6 Å². The lowest BCUT2D eigenvalue weighted by Crippen LogP contribution is -2.47. The van der Waals surface area contributed by atoms with Crippen LogP contribution in [0.25, 0.3) is 0 Å². The van der Waals surface area contributed by atoms with Gasteiger partial charge in [0, 0.05) is 0 Å². The van der Waals surface area contributed by atoms with Crippen LogP contribution in [0.1, 0.15) is 25.3 Å². The molecule has 0 spiro atoms. The van der Waals surface area contributed by atoms with Crippen LogP contribution in [-0.4, -0.2) is 20.4 Å². The van der Waals surface area contributed by atoms with Crippen molar-refractivity contribution in [2.24, 2.45) is 0 Å². The van der Waals surface area contributed by atoms with E-state index in [1.165, 1.54) is 12.1 Å². The number of hydrogen-bond acceptors (Lipinski definition) is 4. The van der Waals surface area contributed by atoms with Gasteiger partial charge in [-0.2, -0.15) is 0 Å². The summed E-state index contributed by atoms with van der Waals surface area (Å²) in [4.78, 5) is 10.9. The van der Waals surface area contributed by atoms with E-state index < -0.39 is 22.0 Å². The minimum Gasteiger partial charge on any atom is -0.548 e. The lowest BCUT2D eigenvalue weighted by atomic mass is 10.2. The van der Waals surface area contributed by atoms with Crippen LogP contribution in [-0.2, 0) is 14.8 Å². The lowest BCUT2D eigenvalue weighted by molar-refractivity contribution is -0.308. The number of rotatable bonds is 6. The summed E-state index contributed by atoms with van der Waals surface area (Å²) >= 11 is 0. The van der Waals surface area contributed by atoms with Crippen LogP contribution in [0.15, 0.2) is 29.2 Å². The number of carboxylic acid groups (broad SMARTS) is 1. The Labute approximate surface area is 107 Å². The van der Waals surface area contributed by atoms with Crippen LogP contribution in [0.4, 0.5) is 0 Å². The van der Waals surface area contributed by atoms with Gasteiger partial charge in [0.25, 0.3) is 0 Å². The van der Waals surface area contributed by atoms with Gasteiger partial charge >= 0.3 is 0 Å². The Bertz CT molecular complexity index is 507. The molecule has 0 aromatic heterocycles. The predicted octanol–water partition coefficient (Wildman–Crippen LogP) is 0.192. The minimum atomic E-state index is -3.81. The summed E-state index contributed by atoms with van der Waals surface area (Å²) in [5, 5.41) is 10.8. The van der Waals surface area contributed by atoms with E-state index in [4.69, 9.17) is 0 Å². The maximum absolute atomic E-state index is 11.9. The van der Waals surface area contributed by atoms with Crippen molar-refractivity contribution in [1.82, 2.24) is 4.72 Å². The molecule has 18 heavy (non-hydrogen) atoms. The summed E-state index contributed by atoms with van der Waals surface area (Å²) < 4.78 is 26.0. The molecule has 0 radical (unpaired) electrons. The van der Waals surface area contributed by atoms with Crippen LogP contribution < -0.4 is 9.83 Å². The van der Waals surface area contributed by atoms with E-state index in [1.54, 1.807) is 19.1 Å². The number of carbonyl (C=O) groups excluding carboxylic acids is 1. The molecule has 1 N–H and O–H groups in total. The van der Waals surface area contributed by atoms with Crippen LogP contribution in [0.3, 0.4) is 0 Å². The normalized spacial score (nSPS) is 13.2. The monoisotopic (exact) mass is 270 g/mol. The molecule has 0 bridgehead atoms. The molecule has 0 unspecified atom stereocenters. The fourth-order valence-electron chi connectivity index (χ4n) is 1.49. The van der Waals surface area contributed by atoms with Gasteiger partial charge in [0.05, 0.1) is 16.9 Å². The average Bonchev–Trinajstić information content (AvgIpc) is 2.28. The van der Waals surface area contributed by atoms with Crippen molar-refractivity contribution >= 4 is 16.0 Å². The zero-order valence-electron chi connectivity index (χ0n) is 10.3. The highest BCUT2D eigenvalue weighted by atomic mass is 32.2. The number of nitrogens with one attached hydrogen (secondary N) is 1. The fraction of sp³-hybridized carbons (Fsp3) is 0.417. The van der Waals surface area contributed by atoms with Crippen molar-refractivity contribution in [3.63, 3.8) is 0 Å². The summed E-state index contributed by atoms with van der Waals surface area (Å²) in [7, 11) is -3.81. The van der Waals surface area contributed by atoms with E-state index in [9.17, 15) is 18.3 Å². The topological polar surface area (TPSA) is 86.3 Å². The van der Waals surface area contributed by atoms with Gasteiger partial charge in [-0.25, -0.2) is 13.1 Å². The molecule has 6 heteroatoms. The Morgan fingerprint density at radius 3 is 2.33 bits per heavy atom. The Kier molecular flexibility index (Phi) is 4.86. The van der Waals surface area contributed by atoms with Crippen LogP contribution in [0, 0.1) is 6.92 Å². The van der Waals surface area contributed by atoms with E-state index in [-0.39, 0.29) is 11.3 Å². The second-order valence-corrected chi connectivity index (χ2v) is 5.81. The molecule has 0 fully saturated rings. The van der Waals surface area contributed by atoms with Crippen molar-refractivity contribution in [3.05, 3.63) is 29.8 Å². The predicted molar refractivity (Wildman–Crippen MR) is 65.2 cm³/mol. The molecule has 5 nitrogen and oxygen atoms in total. The zero-order valence-corrected chi connectivity index (χ0v) is 11.2. The Balaban J connectivity index is 2.93. The molecule has 100 valence electrons. The third-order valence-corrected chi connectivity index (χ3v) is 3.98. The Morgan fingerprint density at radius 1 is 1.33 bits per heavy atom. The first-order valence-electron chi connectivity index (χ1n) is 5.66. The minimum absolute atomic E-state index is 0.0513. The first kappa shape index (κ1) is 14.7. The smallest absolute Gasteiger partial charge is 0.241 e. The molecule has 1 rings (SSSR count). The Hall–Kier alpha value is -1.40. The highest BCUT2D eigenvalue weighted by Gasteiger charge is 2.20. The lowest BCUT2D eigenvalue weighted by Gasteiger charge is -2.18. The molecule has 0 amide bonds. The van der Waals surface area contributed by atoms with Gasteiger partial charge in [0.15, 0.2) is 0 Å². The van der Waals surface area contributed by atoms with Crippen LogP contribution in [0.2, 0.25) is 0 Å². The number of hydrogen-bond donors (Lipinski definition) is 1. The van der Waals surface area contributed by atoms with Gasteiger partial charge in [0.2, 0.25) is 10.0 Å². The van der Waals surface area contributed by atoms with Crippen molar-refractivity contribution in [3.8, 4) is 0 Å². The van der Waals surface area contributed by atoms with E-state index in [0.29, 0.717) is 6.42 Å². The summed E-state index contributed by atoms with van der Waals surface area (Å²) in [5.74, 6) is -1.41. The molecular weight excluding hydrogens is 254 g/mol. The second-order valence-electron chi connectivity index (χ2n) is 4.09. The third-order valence-electron chi connectivity index (χ3n) is 2.49. The third kappa shape index (κ3) is 3.82. The largest absolute Gasteiger partial charge is 0.548 e. The van der Waals surface area contributed by atoms with Crippen molar-refractivity contribution < 1.29 is 18.3 Å². The second kappa shape index (κ2) is 5.97. The summed E-state index contributed by atoms with van der Waals surface area (Å²) in [6, 6.07) is 5.00. The summed E-state index contributed by atoms with van der Waals surface area (Å²) in [6.07, 6.45) is 0.752. The number of carboxylic acids is 1. The number of carbonyl (C=O) groups is 1. The Morgan fingerprint density at radius 2 is 1.89 bits per heavy atom. The molecule has 0 saturated carbocycles. The van der Waals surface area contributed by atoms with Crippen molar-refractivity contribution in [2.75, 3.05) is 0 Å². The maximum Gasteiger partial charge on any atom is 0.241 e. The molecule has 1 aromatic rings. The number of sulfonamides is 1. The van der Waals surface area contributed by atoms with E-state index >= 15 is 0 Å². The summed E-state index contributed by atoms with van der Waals surface area (Å²) in [6.45, 7) is 3.61. The molecule has 0 aliphatic heterocycles. The van der Waals surface area contributed by atoms with Crippen LogP contribution in [0.5, 0.6) is 0 Å². The molecule has 0 heterocycles. The van der Waals surface area contributed by atoms with Gasteiger partial charge in [-0.3, -0.25) is 0 Å². The number of aliphatic carboxylic acids is 1. The molecule has 0 aliphatic rings. The van der Waals surface area contributed by atoms with Gasteiger partial charge < -0.3 is 9.90 Å². The number of aryl methyl sites for hydroxylation is 1. The highest BCUT2D eigenvalue weighted by Crippen LogP contribution is 2.11. The SMILES string of the molecule is CCC[C@H](NS(=O)(=O)c1ccc(C)cc1)C(=O)[O-]. The summed E-state index contributed by atoms with van der Waals surface area (Å²) in [5.41, 5.74) is 0.930. The maximum atomic E-state index is 11.9. The van der Waals surface area contributed by atoms with Gasteiger partial charge in [-0.15, -0.1) is 0 Å². The fourth-order valence-corrected chi connectivity index (χ4v) is 2.71. The molecule has 0 aliphatic carbocycles. The quantitative estimate of drug-likeness (QED) is 0.799. The number of benzene rings is 1. The van der Waals surface area contributed by atoms with Gasteiger partial charge in [0.1, 0.15) is 0 Å². The first-order valence-corrected chi connectivity index (χ1v) is 7.15. The molecule has 1 atom stereocenters. The highest BCUT2D eigenvalue weighted by molar-refractivity contribution is 7.89. The van der Waals surface area contributed by atoms with E-state index in [0.717, 1.165) is 5.56 Å². The van der Waals surface area contributed by atoms with Gasteiger partial charge in [-0.05, 0) is 25.5 Å². The van der Waals surface area contributed by atoms with E-state index in [1.807, 2.05) is 6.92 Å². The van der Waals surface area contributed by atoms with Crippen LogP contribution >= 0.6 is 0 Å². The average molecular weight is 270 g/mol. The molecular formula is C12H16NO4S-. The molecule has 1 aromatic carbocycles. The molecule has 0 saturated heterocycles. The van der Waals surface area contributed by atoms with Gasteiger partial charge in [-0.1, -0.05) is 31.0 Å². The standard InChI is InChI=1S/C12H17NO4S/c1-3-4-11(12(14)15)13-18(16,17)10-7-5-9(2)6-8-10/h5-8,11,13H,3-4H2,1-2H3,(H,14,15)/p-1/t11-/m0/s1. The zero-order chi connectivity index (χ0) is 13.8. The first-order chi connectivity index (χ1) is 8.36. The van der Waals surface area contributed by atoms with Crippen molar-refractivity contribution in [1.29, 1.82) is 0 Å². The van der Waals surface area contributed by atoms with E-state index in [2.05, 4.69) is 4.72 Å².